The summed E-state index contributed by atoms with van der Waals surface area (Å²) in [6.45, 7) is -0.254. The van der Waals surface area contributed by atoms with E-state index in [2.05, 4.69) is 10.3 Å². The number of nitrogens with zero attached hydrogens (tertiary/aromatic N) is 3. The summed E-state index contributed by atoms with van der Waals surface area (Å²) >= 11 is 0. The number of hydrogen-bond acceptors (Lipinski definition) is 8. The molecule has 3 heterocycles. The number of pyridine rings is 1. The SMILES string of the molecule is COc1ccc(NC(=O)Cn2c(=O)n(Cc3ccc4c(c3)OCO4)c(=O)c3ncccc32)cc1OC. The van der Waals surface area contributed by atoms with E-state index in [1.807, 2.05) is 0 Å². The summed E-state index contributed by atoms with van der Waals surface area (Å²) in [6, 6.07) is 13.3. The molecule has 0 fully saturated rings. The van der Waals surface area contributed by atoms with E-state index in [9.17, 15) is 14.4 Å². The maximum atomic E-state index is 13.4. The third-order valence-electron chi connectivity index (χ3n) is 5.73. The number of fused-ring (bicyclic) bond motifs is 2. The van der Waals surface area contributed by atoms with E-state index < -0.39 is 17.2 Å². The molecule has 2 aromatic carbocycles. The van der Waals surface area contributed by atoms with Crippen LogP contribution in [0, 0.1) is 0 Å². The summed E-state index contributed by atoms with van der Waals surface area (Å²) < 4.78 is 23.5. The topological polar surface area (TPSA) is 123 Å². The van der Waals surface area contributed by atoms with Crippen molar-refractivity contribution in [3.63, 3.8) is 0 Å². The van der Waals surface area contributed by atoms with Crippen molar-refractivity contribution < 1.29 is 23.7 Å². The lowest BCUT2D eigenvalue weighted by Crippen LogP contribution is -2.42. The van der Waals surface area contributed by atoms with Gasteiger partial charge in [0, 0.05) is 18.0 Å². The van der Waals surface area contributed by atoms with Gasteiger partial charge in [0.15, 0.2) is 28.5 Å². The van der Waals surface area contributed by atoms with Gasteiger partial charge in [0.05, 0.1) is 26.3 Å². The molecule has 0 spiro atoms. The second-order valence-electron chi connectivity index (χ2n) is 7.94. The molecule has 184 valence electrons. The largest absolute Gasteiger partial charge is 0.493 e. The molecule has 5 rings (SSSR count). The normalized spacial score (nSPS) is 11.9. The van der Waals surface area contributed by atoms with Gasteiger partial charge in [-0.05, 0) is 42.0 Å². The van der Waals surface area contributed by atoms with Gasteiger partial charge in [-0.25, -0.2) is 9.78 Å². The zero-order chi connectivity index (χ0) is 25.2. The average Bonchev–Trinajstić information content (AvgIpc) is 3.37. The summed E-state index contributed by atoms with van der Waals surface area (Å²) in [7, 11) is 3.01. The molecule has 0 bridgehead atoms. The highest BCUT2D eigenvalue weighted by Gasteiger charge is 2.19. The Hall–Kier alpha value is -4.80. The number of rotatable bonds is 7. The molecule has 4 aromatic rings. The van der Waals surface area contributed by atoms with E-state index in [4.69, 9.17) is 18.9 Å². The van der Waals surface area contributed by atoms with Gasteiger partial charge in [0.25, 0.3) is 5.56 Å². The molecule has 0 unspecified atom stereocenters. The number of anilines is 1. The highest BCUT2D eigenvalue weighted by Crippen LogP contribution is 2.32. The summed E-state index contributed by atoms with van der Waals surface area (Å²) in [4.78, 5) is 43.7. The maximum absolute atomic E-state index is 13.4. The second-order valence-corrected chi connectivity index (χ2v) is 7.94. The van der Waals surface area contributed by atoms with Gasteiger partial charge in [-0.1, -0.05) is 6.07 Å². The number of aromatic nitrogens is 3. The number of nitrogens with one attached hydrogen (secondary N) is 1. The van der Waals surface area contributed by atoms with E-state index >= 15 is 0 Å². The zero-order valence-corrected chi connectivity index (χ0v) is 19.5. The monoisotopic (exact) mass is 490 g/mol. The third-order valence-corrected chi connectivity index (χ3v) is 5.73. The van der Waals surface area contributed by atoms with Gasteiger partial charge in [0.1, 0.15) is 6.54 Å². The molecule has 1 aliphatic rings. The first-order valence-electron chi connectivity index (χ1n) is 11.0. The number of amides is 1. The minimum atomic E-state index is -0.638. The Morgan fingerprint density at radius 3 is 2.61 bits per heavy atom. The molecule has 0 aliphatic carbocycles. The Morgan fingerprint density at radius 2 is 1.81 bits per heavy atom. The van der Waals surface area contributed by atoms with Gasteiger partial charge in [-0.15, -0.1) is 0 Å². The number of carbonyl (C=O) groups is 1. The Bertz CT molecular complexity index is 1590. The summed E-state index contributed by atoms with van der Waals surface area (Å²) in [5.74, 6) is 1.62. The van der Waals surface area contributed by atoms with E-state index in [0.717, 1.165) is 4.57 Å². The van der Waals surface area contributed by atoms with Crippen LogP contribution in [0.2, 0.25) is 0 Å². The molecule has 0 saturated heterocycles. The first-order chi connectivity index (χ1) is 17.5. The fourth-order valence-corrected chi connectivity index (χ4v) is 4.02. The van der Waals surface area contributed by atoms with Crippen LogP contribution in [0.15, 0.2) is 64.3 Å². The fourth-order valence-electron chi connectivity index (χ4n) is 4.02. The standard InChI is InChI=1S/C25H22N4O7/c1-33-18-8-6-16(11-20(18)34-2)27-22(30)13-28-17-4-3-9-26-23(17)24(31)29(25(28)32)12-15-5-7-19-21(10-15)36-14-35-19/h3-11H,12-14H2,1-2H3,(H,27,30). The minimum absolute atomic E-state index is 0.0296. The van der Waals surface area contributed by atoms with Crippen LogP contribution in [0.25, 0.3) is 11.0 Å². The van der Waals surface area contributed by atoms with Crippen molar-refractivity contribution in [2.75, 3.05) is 26.3 Å². The molecule has 1 N–H and O–H groups in total. The molecule has 36 heavy (non-hydrogen) atoms. The van der Waals surface area contributed by atoms with Crippen LogP contribution >= 0.6 is 0 Å². The molecule has 0 saturated carbocycles. The highest BCUT2D eigenvalue weighted by atomic mass is 16.7. The second kappa shape index (κ2) is 9.45. The minimum Gasteiger partial charge on any atom is -0.493 e. The van der Waals surface area contributed by atoms with Crippen molar-refractivity contribution >= 4 is 22.6 Å². The van der Waals surface area contributed by atoms with Crippen molar-refractivity contribution in [3.8, 4) is 23.0 Å². The number of ether oxygens (including phenoxy) is 4. The van der Waals surface area contributed by atoms with Gasteiger partial charge in [-0.3, -0.25) is 18.7 Å². The van der Waals surface area contributed by atoms with Gasteiger partial charge in [0.2, 0.25) is 12.7 Å². The van der Waals surface area contributed by atoms with Crippen molar-refractivity contribution in [3.05, 3.63) is 81.1 Å². The van der Waals surface area contributed by atoms with Crippen LogP contribution < -0.4 is 35.5 Å². The molecule has 0 radical (unpaired) electrons. The molecule has 0 atom stereocenters. The molecular formula is C25H22N4O7. The van der Waals surface area contributed by atoms with E-state index in [-0.39, 0.29) is 30.9 Å². The van der Waals surface area contributed by atoms with Crippen LogP contribution in [-0.2, 0) is 17.9 Å². The third kappa shape index (κ3) is 4.22. The molecular weight excluding hydrogens is 468 g/mol. The number of carbonyl (C=O) groups excluding carboxylic acids is 1. The lowest BCUT2D eigenvalue weighted by Gasteiger charge is -2.14. The average molecular weight is 490 g/mol. The summed E-state index contributed by atoms with van der Waals surface area (Å²) in [6.07, 6.45) is 1.47. The fraction of sp³-hybridized carbons (Fsp3) is 0.200. The zero-order valence-electron chi connectivity index (χ0n) is 19.5. The van der Waals surface area contributed by atoms with Gasteiger partial charge < -0.3 is 24.3 Å². The number of methoxy groups -OCH3 is 2. The van der Waals surface area contributed by atoms with E-state index in [1.54, 1.807) is 48.5 Å². The van der Waals surface area contributed by atoms with Crippen molar-refractivity contribution in [2.45, 2.75) is 13.1 Å². The summed E-state index contributed by atoms with van der Waals surface area (Å²) in [5.41, 5.74) is 0.274. The van der Waals surface area contributed by atoms with E-state index in [0.29, 0.717) is 34.2 Å². The lowest BCUT2D eigenvalue weighted by molar-refractivity contribution is -0.116. The van der Waals surface area contributed by atoms with Crippen molar-refractivity contribution in [1.82, 2.24) is 14.1 Å². The predicted octanol–water partition coefficient (Wildman–Crippen LogP) is 1.99. The predicted molar refractivity (Wildman–Crippen MR) is 130 cm³/mol. The van der Waals surface area contributed by atoms with Crippen molar-refractivity contribution in [2.24, 2.45) is 0 Å². The van der Waals surface area contributed by atoms with Crippen LogP contribution in [0.3, 0.4) is 0 Å². The Kier molecular flexibility index (Phi) is 6.03. The Labute approximate surface area is 204 Å². The molecule has 11 heteroatoms. The molecule has 2 aromatic heterocycles. The van der Waals surface area contributed by atoms with Gasteiger partial charge in [-0.2, -0.15) is 0 Å². The quantitative estimate of drug-likeness (QED) is 0.417. The lowest BCUT2D eigenvalue weighted by atomic mass is 10.2. The first-order valence-corrected chi connectivity index (χ1v) is 11.0. The number of benzene rings is 2. The highest BCUT2D eigenvalue weighted by molar-refractivity contribution is 5.91. The Balaban J connectivity index is 1.49. The molecule has 1 amide bonds. The molecule has 1 aliphatic heterocycles. The van der Waals surface area contributed by atoms with Gasteiger partial charge >= 0.3 is 5.69 Å². The smallest absolute Gasteiger partial charge is 0.332 e. The summed E-state index contributed by atoms with van der Waals surface area (Å²) in [5, 5.41) is 2.75. The Morgan fingerprint density at radius 1 is 1.00 bits per heavy atom. The molecule has 11 nitrogen and oxygen atoms in total. The van der Waals surface area contributed by atoms with Crippen LogP contribution in [0.5, 0.6) is 23.0 Å². The first kappa shape index (κ1) is 23.0. The maximum Gasteiger partial charge on any atom is 0.332 e. The van der Waals surface area contributed by atoms with Crippen LogP contribution in [0.1, 0.15) is 5.56 Å². The van der Waals surface area contributed by atoms with Crippen LogP contribution in [-0.4, -0.2) is 41.0 Å². The van der Waals surface area contributed by atoms with Crippen molar-refractivity contribution in [1.29, 1.82) is 0 Å². The van der Waals surface area contributed by atoms with Crippen LogP contribution in [0.4, 0.5) is 5.69 Å². The van der Waals surface area contributed by atoms with E-state index in [1.165, 1.54) is 25.0 Å². The number of hydrogen-bond donors (Lipinski definition) is 1.